The number of nitrogens with one attached hydrogen (secondary N) is 1. The van der Waals surface area contributed by atoms with Crippen molar-refractivity contribution in [3.8, 4) is 0 Å². The van der Waals surface area contributed by atoms with Crippen molar-refractivity contribution in [2.24, 2.45) is 0 Å². The summed E-state index contributed by atoms with van der Waals surface area (Å²) in [5.41, 5.74) is 1.16. The average Bonchev–Trinajstić information content (AvgIpc) is 3.47. The molecule has 0 spiro atoms. The Hall–Kier alpha value is -2.76. The lowest BCUT2D eigenvalue weighted by atomic mass is 10.1. The molecule has 0 aliphatic carbocycles. The molecule has 1 saturated heterocycles. The lowest BCUT2D eigenvalue weighted by Crippen LogP contribution is -2.30. The molecule has 0 bridgehead atoms. The predicted octanol–water partition coefficient (Wildman–Crippen LogP) is 4.55. The summed E-state index contributed by atoms with van der Waals surface area (Å²) >= 11 is 0.981. The highest BCUT2D eigenvalue weighted by Gasteiger charge is 2.38. The molecule has 33 heavy (non-hydrogen) atoms. The van der Waals surface area contributed by atoms with E-state index in [1.807, 2.05) is 12.1 Å². The molecule has 2 aromatic carbocycles. The van der Waals surface area contributed by atoms with E-state index in [0.29, 0.717) is 24.4 Å². The van der Waals surface area contributed by atoms with Crippen LogP contribution in [0.3, 0.4) is 0 Å². The molecule has 1 atom stereocenters. The normalized spacial score (nSPS) is 16.8. The van der Waals surface area contributed by atoms with E-state index in [1.165, 1.54) is 10.4 Å². The number of hydrogen-bond donors (Lipinski definition) is 1. The number of aryl methyl sites for hydroxylation is 1. The van der Waals surface area contributed by atoms with Gasteiger partial charge in [-0.2, -0.15) is 4.31 Å². The quantitative estimate of drug-likeness (QED) is 0.523. The average molecular weight is 493 g/mol. The summed E-state index contributed by atoms with van der Waals surface area (Å²) in [5.74, 6) is -2.74. The number of halogens is 2. The van der Waals surface area contributed by atoms with E-state index in [-0.39, 0.29) is 15.6 Å². The summed E-state index contributed by atoms with van der Waals surface area (Å²) in [4.78, 5) is 12.7. The Morgan fingerprint density at radius 2 is 1.91 bits per heavy atom. The van der Waals surface area contributed by atoms with Crippen molar-refractivity contribution in [3.05, 3.63) is 69.7 Å². The van der Waals surface area contributed by atoms with Crippen LogP contribution in [0.25, 0.3) is 0 Å². The number of rotatable bonds is 7. The van der Waals surface area contributed by atoms with E-state index in [1.54, 1.807) is 12.1 Å². The lowest BCUT2D eigenvalue weighted by Gasteiger charge is -2.22. The molecule has 174 valence electrons. The highest BCUT2D eigenvalue weighted by molar-refractivity contribution is 7.89. The first-order valence-corrected chi connectivity index (χ1v) is 12.8. The van der Waals surface area contributed by atoms with Crippen molar-refractivity contribution >= 4 is 33.0 Å². The van der Waals surface area contributed by atoms with Crippen LogP contribution in [0.1, 0.15) is 52.6 Å². The maximum atomic E-state index is 13.4. The van der Waals surface area contributed by atoms with E-state index in [0.717, 1.165) is 41.9 Å². The van der Waals surface area contributed by atoms with Gasteiger partial charge in [-0.15, -0.1) is 10.2 Å². The summed E-state index contributed by atoms with van der Waals surface area (Å²) in [6.07, 6.45) is 3.08. The van der Waals surface area contributed by atoms with Gasteiger partial charge in [0.2, 0.25) is 15.0 Å². The maximum Gasteiger partial charge on any atom is 0.286 e. The molecule has 4 rings (SSSR count). The zero-order valence-electron chi connectivity index (χ0n) is 17.8. The molecule has 3 aromatic rings. The topological polar surface area (TPSA) is 92.3 Å². The van der Waals surface area contributed by atoms with E-state index >= 15 is 0 Å². The predicted molar refractivity (Wildman–Crippen MR) is 121 cm³/mol. The van der Waals surface area contributed by atoms with Crippen molar-refractivity contribution in [2.75, 3.05) is 11.9 Å². The van der Waals surface area contributed by atoms with Crippen LogP contribution in [-0.2, 0) is 16.4 Å². The van der Waals surface area contributed by atoms with Crippen LogP contribution in [0, 0.1) is 11.6 Å². The van der Waals surface area contributed by atoms with E-state index < -0.39 is 33.6 Å². The van der Waals surface area contributed by atoms with Crippen molar-refractivity contribution in [1.82, 2.24) is 14.5 Å². The van der Waals surface area contributed by atoms with Crippen molar-refractivity contribution in [1.29, 1.82) is 0 Å². The molecule has 2 heterocycles. The molecular formula is C22H22F2N4O3S2. The third-order valence-corrected chi connectivity index (χ3v) is 8.32. The number of hydrogen-bond acceptors (Lipinski definition) is 6. The molecule has 1 amide bonds. The van der Waals surface area contributed by atoms with Gasteiger partial charge in [0.1, 0.15) is 5.01 Å². The summed E-state index contributed by atoms with van der Waals surface area (Å²) in [6.45, 7) is 2.41. The molecular weight excluding hydrogens is 470 g/mol. The molecule has 1 aromatic heterocycles. The van der Waals surface area contributed by atoms with Gasteiger partial charge in [-0.05, 0) is 49.1 Å². The van der Waals surface area contributed by atoms with Gasteiger partial charge in [0.15, 0.2) is 11.6 Å². The van der Waals surface area contributed by atoms with Crippen LogP contribution in [0.2, 0.25) is 0 Å². The summed E-state index contributed by atoms with van der Waals surface area (Å²) in [7, 11) is -3.74. The number of sulfonamides is 1. The number of nitrogens with zero attached hydrogens (tertiary/aromatic N) is 3. The molecule has 1 aliphatic heterocycles. The van der Waals surface area contributed by atoms with Crippen LogP contribution in [-0.4, -0.2) is 35.4 Å². The van der Waals surface area contributed by atoms with Gasteiger partial charge >= 0.3 is 0 Å². The summed E-state index contributed by atoms with van der Waals surface area (Å²) < 4.78 is 54.4. The van der Waals surface area contributed by atoms with Gasteiger partial charge < -0.3 is 5.32 Å². The first kappa shape index (κ1) is 23.4. The number of anilines is 1. The van der Waals surface area contributed by atoms with Gasteiger partial charge in [-0.1, -0.05) is 36.8 Å². The van der Waals surface area contributed by atoms with Gasteiger partial charge in [0.25, 0.3) is 5.91 Å². The fourth-order valence-corrected chi connectivity index (χ4v) is 6.36. The molecule has 1 aliphatic rings. The zero-order valence-corrected chi connectivity index (χ0v) is 19.4. The van der Waals surface area contributed by atoms with Crippen LogP contribution in [0.4, 0.5) is 14.5 Å². The van der Waals surface area contributed by atoms with E-state index in [4.69, 9.17) is 0 Å². The molecule has 0 unspecified atom stereocenters. The molecule has 7 nitrogen and oxygen atoms in total. The minimum absolute atomic E-state index is 0.00268. The van der Waals surface area contributed by atoms with Gasteiger partial charge in [-0.25, -0.2) is 17.2 Å². The molecule has 0 radical (unpaired) electrons. The Labute approximate surface area is 194 Å². The Morgan fingerprint density at radius 3 is 2.61 bits per heavy atom. The number of amides is 1. The summed E-state index contributed by atoms with van der Waals surface area (Å²) in [5, 5.41) is 10.8. The maximum absolute atomic E-state index is 13.4. The highest BCUT2D eigenvalue weighted by atomic mass is 32.2. The van der Waals surface area contributed by atoms with E-state index in [2.05, 4.69) is 22.4 Å². The van der Waals surface area contributed by atoms with Crippen LogP contribution >= 0.6 is 11.3 Å². The van der Waals surface area contributed by atoms with Crippen LogP contribution < -0.4 is 5.32 Å². The second-order valence-electron chi connectivity index (χ2n) is 7.70. The monoisotopic (exact) mass is 492 g/mol. The number of carbonyl (C=O) groups excluding carboxylic acids is 1. The fourth-order valence-electron chi connectivity index (χ4n) is 3.75. The third kappa shape index (κ3) is 4.94. The second-order valence-corrected chi connectivity index (χ2v) is 10.6. The standard InChI is InChI=1S/C22H22F2N4O3S2/c1-2-4-14-6-9-16(10-7-14)33(30,31)28-12-3-5-19(28)21-26-27-22(32-21)20(29)25-15-8-11-17(23)18(24)13-15/h6-11,13,19H,2-5,12H2,1H3,(H,25,29)/t19-/m1/s1. The zero-order chi connectivity index (χ0) is 23.6. The Bertz CT molecular complexity index is 1260. The lowest BCUT2D eigenvalue weighted by molar-refractivity contribution is 0.102. The Balaban J connectivity index is 1.51. The highest BCUT2D eigenvalue weighted by Crippen LogP contribution is 2.37. The Morgan fingerprint density at radius 1 is 1.15 bits per heavy atom. The smallest absolute Gasteiger partial charge is 0.286 e. The fraction of sp³-hybridized carbons (Fsp3) is 0.318. The van der Waals surface area contributed by atoms with Crippen molar-refractivity contribution < 1.29 is 22.0 Å². The minimum Gasteiger partial charge on any atom is -0.320 e. The number of carbonyl (C=O) groups is 1. The van der Waals surface area contributed by atoms with Crippen molar-refractivity contribution in [3.63, 3.8) is 0 Å². The largest absolute Gasteiger partial charge is 0.320 e. The van der Waals surface area contributed by atoms with Gasteiger partial charge in [0.05, 0.1) is 10.9 Å². The third-order valence-electron chi connectivity index (χ3n) is 5.37. The van der Waals surface area contributed by atoms with Gasteiger partial charge in [0, 0.05) is 18.3 Å². The molecule has 1 N–H and O–H groups in total. The SMILES string of the molecule is CCCc1ccc(S(=O)(=O)N2CCC[C@@H]2c2nnc(C(=O)Nc3ccc(F)c(F)c3)s2)cc1. The molecule has 11 heteroatoms. The number of aromatic nitrogens is 2. The molecule has 0 saturated carbocycles. The van der Waals surface area contributed by atoms with Crippen molar-refractivity contribution in [2.45, 2.75) is 43.5 Å². The first-order chi connectivity index (χ1) is 15.8. The molecule has 1 fully saturated rings. The number of benzene rings is 2. The summed E-state index contributed by atoms with van der Waals surface area (Å²) in [6, 6.07) is 9.38. The Kier molecular flexibility index (Phi) is 6.82. The van der Waals surface area contributed by atoms with E-state index in [9.17, 15) is 22.0 Å². The van der Waals surface area contributed by atoms with Crippen LogP contribution in [0.5, 0.6) is 0 Å². The van der Waals surface area contributed by atoms with Crippen LogP contribution in [0.15, 0.2) is 47.4 Å². The van der Waals surface area contributed by atoms with Gasteiger partial charge in [-0.3, -0.25) is 4.79 Å². The first-order valence-electron chi connectivity index (χ1n) is 10.5. The second kappa shape index (κ2) is 9.62. The minimum atomic E-state index is -3.74.